The van der Waals surface area contributed by atoms with E-state index in [4.69, 9.17) is 17.3 Å². The Balaban J connectivity index is 1.64. The van der Waals surface area contributed by atoms with Crippen molar-refractivity contribution < 1.29 is 4.79 Å². The molecule has 1 unspecified atom stereocenters. The van der Waals surface area contributed by atoms with E-state index in [0.29, 0.717) is 17.3 Å². The third-order valence-corrected chi connectivity index (χ3v) is 5.25. The highest BCUT2D eigenvalue weighted by Gasteiger charge is 2.26. The summed E-state index contributed by atoms with van der Waals surface area (Å²) in [5.41, 5.74) is 9.39. The van der Waals surface area contributed by atoms with Crippen LogP contribution in [-0.2, 0) is 0 Å². The van der Waals surface area contributed by atoms with Crippen LogP contribution in [0, 0.1) is 6.92 Å². The van der Waals surface area contributed by atoms with Crippen LogP contribution in [0.15, 0.2) is 42.5 Å². The van der Waals surface area contributed by atoms with Crippen LogP contribution in [0.3, 0.4) is 0 Å². The first-order valence-corrected chi connectivity index (χ1v) is 8.98. The third-order valence-electron chi connectivity index (χ3n) is 4.99. The molecule has 0 saturated carbocycles. The fourth-order valence-corrected chi connectivity index (χ4v) is 3.43. The second kappa shape index (κ2) is 7.46. The summed E-state index contributed by atoms with van der Waals surface area (Å²) in [4.78, 5) is 17.1. The van der Waals surface area contributed by atoms with Gasteiger partial charge in [0.1, 0.15) is 0 Å². The van der Waals surface area contributed by atoms with Gasteiger partial charge in [-0.1, -0.05) is 29.8 Å². The number of nitrogen functional groups attached to an aromatic ring is 1. The van der Waals surface area contributed by atoms with Crippen molar-refractivity contribution in [1.29, 1.82) is 0 Å². The number of carbonyl (C=O) groups excluding carboxylic acids is 1. The first kappa shape index (κ1) is 17.8. The maximum Gasteiger partial charge on any atom is 0.254 e. The molecule has 1 atom stereocenters. The van der Waals surface area contributed by atoms with Crippen LogP contribution in [0.1, 0.15) is 34.5 Å². The van der Waals surface area contributed by atoms with Crippen molar-refractivity contribution in [2.24, 2.45) is 0 Å². The molecule has 2 aromatic carbocycles. The Labute approximate surface area is 154 Å². The molecule has 1 fully saturated rings. The van der Waals surface area contributed by atoms with Crippen molar-refractivity contribution in [2.75, 3.05) is 31.9 Å². The Morgan fingerprint density at radius 1 is 1.08 bits per heavy atom. The third kappa shape index (κ3) is 3.97. The molecule has 1 heterocycles. The normalized spacial score (nSPS) is 16.7. The lowest BCUT2D eigenvalue weighted by atomic mass is 10.0. The summed E-state index contributed by atoms with van der Waals surface area (Å²) in [6.45, 7) is 7.32. The molecule has 5 heteroatoms. The highest BCUT2D eigenvalue weighted by Crippen LogP contribution is 2.24. The van der Waals surface area contributed by atoms with E-state index in [2.05, 4.69) is 24.0 Å². The number of aryl methyl sites for hydroxylation is 1. The van der Waals surface area contributed by atoms with Gasteiger partial charge in [-0.15, -0.1) is 0 Å². The van der Waals surface area contributed by atoms with E-state index in [9.17, 15) is 4.79 Å². The molecule has 2 N–H and O–H groups in total. The molecule has 0 radical (unpaired) electrons. The summed E-state index contributed by atoms with van der Waals surface area (Å²) in [7, 11) is 0. The van der Waals surface area contributed by atoms with Crippen molar-refractivity contribution in [3.63, 3.8) is 0 Å². The van der Waals surface area contributed by atoms with E-state index >= 15 is 0 Å². The lowest BCUT2D eigenvalue weighted by Gasteiger charge is -2.38. The maximum atomic E-state index is 12.8. The molecule has 0 aromatic heterocycles. The highest BCUT2D eigenvalue weighted by atomic mass is 35.5. The van der Waals surface area contributed by atoms with Crippen molar-refractivity contribution in [3.8, 4) is 0 Å². The van der Waals surface area contributed by atoms with E-state index < -0.39 is 0 Å². The Morgan fingerprint density at radius 3 is 2.36 bits per heavy atom. The molecule has 1 saturated heterocycles. The Kier molecular flexibility index (Phi) is 5.30. The summed E-state index contributed by atoms with van der Waals surface area (Å²) in [6.07, 6.45) is 0. The molecule has 3 rings (SSSR count). The van der Waals surface area contributed by atoms with Crippen LogP contribution in [-0.4, -0.2) is 41.9 Å². The Morgan fingerprint density at radius 2 is 1.72 bits per heavy atom. The van der Waals surface area contributed by atoms with Crippen molar-refractivity contribution in [1.82, 2.24) is 9.80 Å². The number of hydrogen-bond donors (Lipinski definition) is 1. The van der Waals surface area contributed by atoms with Gasteiger partial charge in [0.15, 0.2) is 0 Å². The van der Waals surface area contributed by atoms with Crippen molar-refractivity contribution >= 4 is 23.2 Å². The van der Waals surface area contributed by atoms with E-state index in [-0.39, 0.29) is 5.91 Å². The second-order valence-electron chi connectivity index (χ2n) is 6.63. The second-order valence-corrected chi connectivity index (χ2v) is 7.07. The summed E-state index contributed by atoms with van der Waals surface area (Å²) < 4.78 is 0. The molecule has 1 amide bonds. The fraction of sp³-hybridized carbons (Fsp3) is 0.350. The SMILES string of the molecule is Cc1ccc(N)cc1C(=O)N1CCN(C(C)c2ccc(Cl)cc2)CC1. The highest BCUT2D eigenvalue weighted by molar-refractivity contribution is 6.30. The number of rotatable bonds is 3. The minimum absolute atomic E-state index is 0.0728. The Bertz CT molecular complexity index is 752. The average molecular weight is 358 g/mol. The standard InChI is InChI=1S/C20H24ClN3O/c1-14-3-8-18(22)13-19(14)20(25)24-11-9-23(10-12-24)15(2)16-4-6-17(21)7-5-16/h3-8,13,15H,9-12,22H2,1-2H3. The number of anilines is 1. The van der Waals surface area contributed by atoms with Crippen LogP contribution in [0.4, 0.5) is 5.69 Å². The molecular weight excluding hydrogens is 334 g/mol. The fourth-order valence-electron chi connectivity index (χ4n) is 3.30. The number of nitrogens with two attached hydrogens (primary N) is 1. The smallest absolute Gasteiger partial charge is 0.254 e. The van der Waals surface area contributed by atoms with Gasteiger partial charge in [0.05, 0.1) is 0 Å². The van der Waals surface area contributed by atoms with Crippen LogP contribution >= 0.6 is 11.6 Å². The van der Waals surface area contributed by atoms with Gasteiger partial charge in [0.25, 0.3) is 5.91 Å². The lowest BCUT2D eigenvalue weighted by molar-refractivity contribution is 0.0581. The predicted molar refractivity (Wildman–Crippen MR) is 103 cm³/mol. The molecular formula is C20H24ClN3O. The van der Waals surface area contributed by atoms with Gasteiger partial charge in [0.2, 0.25) is 0 Å². The molecule has 1 aliphatic heterocycles. The van der Waals surface area contributed by atoms with Crippen molar-refractivity contribution in [3.05, 3.63) is 64.2 Å². The molecule has 0 aliphatic carbocycles. The van der Waals surface area contributed by atoms with Crippen molar-refractivity contribution in [2.45, 2.75) is 19.9 Å². The molecule has 0 spiro atoms. The number of amides is 1. The molecule has 4 nitrogen and oxygen atoms in total. The van der Waals surface area contributed by atoms with E-state index in [1.165, 1.54) is 5.56 Å². The molecule has 1 aliphatic rings. The predicted octanol–water partition coefficient (Wildman–Crippen LogP) is 3.75. The van der Waals surface area contributed by atoms with Gasteiger partial charge >= 0.3 is 0 Å². The summed E-state index contributed by atoms with van der Waals surface area (Å²) >= 11 is 5.97. The van der Waals surface area contributed by atoms with Gasteiger partial charge in [-0.2, -0.15) is 0 Å². The minimum Gasteiger partial charge on any atom is -0.399 e. The zero-order valence-electron chi connectivity index (χ0n) is 14.7. The first-order valence-electron chi connectivity index (χ1n) is 8.60. The summed E-state index contributed by atoms with van der Waals surface area (Å²) in [5.74, 6) is 0.0728. The monoisotopic (exact) mass is 357 g/mol. The van der Waals surface area contributed by atoms with Gasteiger partial charge in [-0.25, -0.2) is 0 Å². The summed E-state index contributed by atoms with van der Waals surface area (Å²) in [6, 6.07) is 13.8. The number of benzene rings is 2. The lowest BCUT2D eigenvalue weighted by Crippen LogP contribution is -2.49. The van der Waals surface area contributed by atoms with Gasteiger partial charge in [-0.3, -0.25) is 9.69 Å². The number of carbonyl (C=O) groups is 1. The number of hydrogen-bond acceptors (Lipinski definition) is 3. The van der Waals surface area contributed by atoms with Gasteiger partial charge in [0, 0.05) is 48.5 Å². The Hall–Kier alpha value is -2.04. The largest absolute Gasteiger partial charge is 0.399 e. The summed E-state index contributed by atoms with van der Waals surface area (Å²) in [5, 5.41) is 0.754. The minimum atomic E-state index is 0.0728. The molecule has 25 heavy (non-hydrogen) atoms. The first-order chi connectivity index (χ1) is 12.0. The zero-order chi connectivity index (χ0) is 18.0. The van der Waals surface area contributed by atoms with Gasteiger partial charge in [-0.05, 0) is 49.2 Å². The molecule has 0 bridgehead atoms. The number of nitrogens with zero attached hydrogens (tertiary/aromatic N) is 2. The van der Waals surface area contributed by atoms with E-state index in [1.807, 2.05) is 36.1 Å². The number of halogens is 1. The van der Waals surface area contributed by atoms with Crippen LogP contribution in [0.25, 0.3) is 0 Å². The quantitative estimate of drug-likeness (QED) is 0.851. The van der Waals surface area contributed by atoms with E-state index in [0.717, 1.165) is 36.8 Å². The maximum absolute atomic E-state index is 12.8. The van der Waals surface area contributed by atoms with Crippen LogP contribution in [0.2, 0.25) is 5.02 Å². The molecule has 132 valence electrons. The zero-order valence-corrected chi connectivity index (χ0v) is 15.5. The average Bonchev–Trinajstić information content (AvgIpc) is 2.63. The van der Waals surface area contributed by atoms with Crippen LogP contribution in [0.5, 0.6) is 0 Å². The molecule has 2 aromatic rings. The van der Waals surface area contributed by atoms with Gasteiger partial charge < -0.3 is 10.6 Å². The van der Waals surface area contributed by atoms with E-state index in [1.54, 1.807) is 6.07 Å². The van der Waals surface area contributed by atoms with Crippen LogP contribution < -0.4 is 5.73 Å². The number of piperazine rings is 1. The topological polar surface area (TPSA) is 49.6 Å².